The van der Waals surface area contributed by atoms with Crippen molar-refractivity contribution in [2.75, 3.05) is 6.54 Å². The maximum atomic E-state index is 14.7. The van der Waals surface area contributed by atoms with Gasteiger partial charge in [-0.3, -0.25) is 4.79 Å². The van der Waals surface area contributed by atoms with Crippen LogP contribution in [0.5, 0.6) is 0 Å². The molecule has 0 bridgehead atoms. The number of amidine groups is 1. The number of thioether (sulfide) groups is 2. The monoisotopic (exact) mass is 460 g/mol. The highest BCUT2D eigenvalue weighted by Crippen LogP contribution is 2.53. The Bertz CT molecular complexity index is 1070. The minimum absolute atomic E-state index is 0.0796. The Morgan fingerprint density at radius 3 is 2.48 bits per heavy atom. The van der Waals surface area contributed by atoms with Crippen molar-refractivity contribution in [1.82, 2.24) is 5.01 Å². The zero-order chi connectivity index (χ0) is 22.2. The quantitative estimate of drug-likeness (QED) is 0.655. The van der Waals surface area contributed by atoms with E-state index >= 15 is 0 Å². The van der Waals surface area contributed by atoms with Gasteiger partial charge in [0.15, 0.2) is 0 Å². The summed E-state index contributed by atoms with van der Waals surface area (Å²) in [6, 6.07) is 13.0. The maximum absolute atomic E-state index is 14.7. The van der Waals surface area contributed by atoms with Crippen LogP contribution in [0.2, 0.25) is 0 Å². The third-order valence-corrected chi connectivity index (χ3v) is 7.58. The topological polar surface area (TPSA) is 71.0 Å². The Morgan fingerprint density at radius 2 is 1.84 bits per heavy atom. The van der Waals surface area contributed by atoms with Gasteiger partial charge in [0.1, 0.15) is 27.4 Å². The third-order valence-electron chi connectivity index (χ3n) is 5.18. The van der Waals surface area contributed by atoms with Crippen LogP contribution in [0.15, 0.2) is 58.6 Å². The molecule has 2 aliphatic rings. The number of rotatable bonds is 5. The standard InChI is InChI=1S/C22H22F2N4OS2/c1-21(2)19(26-20(29)31-21)28-22(11-6-12-25,14-7-4-3-5-8-14)30-18(27-28)16-13-15(23)9-10-17(16)24/h3-5,7-10,13H,6,11-12,25H2,1-2H3. The number of aliphatic imine (C=N–C) groups is 1. The summed E-state index contributed by atoms with van der Waals surface area (Å²) in [4.78, 5) is 15.7. The molecule has 2 N–H and O–H groups in total. The van der Waals surface area contributed by atoms with Gasteiger partial charge in [-0.25, -0.2) is 13.8 Å². The summed E-state index contributed by atoms with van der Waals surface area (Å²) in [6.07, 6.45) is 1.25. The second kappa shape index (κ2) is 8.37. The minimum atomic E-state index is -0.796. The smallest absolute Gasteiger partial charge is 0.307 e. The number of benzene rings is 2. The summed E-state index contributed by atoms with van der Waals surface area (Å²) in [6.45, 7) is 4.26. The fraction of sp³-hybridized carbons (Fsp3) is 0.318. The van der Waals surface area contributed by atoms with E-state index in [1.54, 1.807) is 5.01 Å². The molecule has 2 aromatic carbocycles. The van der Waals surface area contributed by atoms with Crippen LogP contribution in [0.1, 0.15) is 37.8 Å². The predicted octanol–water partition coefficient (Wildman–Crippen LogP) is 5.31. The summed E-state index contributed by atoms with van der Waals surface area (Å²) in [5.74, 6) is -0.620. The van der Waals surface area contributed by atoms with E-state index in [1.807, 2.05) is 44.2 Å². The summed E-state index contributed by atoms with van der Waals surface area (Å²) >= 11 is 2.45. The van der Waals surface area contributed by atoms with Crippen molar-refractivity contribution in [1.29, 1.82) is 0 Å². The molecule has 0 spiro atoms. The molecule has 2 aliphatic heterocycles. The average molecular weight is 461 g/mol. The Hall–Kier alpha value is -2.23. The van der Waals surface area contributed by atoms with E-state index in [2.05, 4.69) is 4.99 Å². The van der Waals surface area contributed by atoms with E-state index in [0.717, 1.165) is 35.5 Å². The van der Waals surface area contributed by atoms with Gasteiger partial charge in [0.2, 0.25) is 0 Å². The van der Waals surface area contributed by atoms with Gasteiger partial charge in [-0.2, -0.15) is 10.1 Å². The SMILES string of the molecule is CC1(C)SC(=O)N=C1N1N=C(c2cc(F)ccc2F)SC1(CCCN)c1ccccc1. The molecule has 1 unspecified atom stereocenters. The maximum Gasteiger partial charge on any atom is 0.307 e. The van der Waals surface area contributed by atoms with Crippen LogP contribution < -0.4 is 5.73 Å². The number of carbonyl (C=O) groups excluding carboxylic acids is 1. The van der Waals surface area contributed by atoms with Gasteiger partial charge in [-0.15, -0.1) is 0 Å². The number of nitrogens with zero attached hydrogens (tertiary/aromatic N) is 3. The van der Waals surface area contributed by atoms with Crippen LogP contribution in [0.25, 0.3) is 0 Å². The Labute approximate surface area is 188 Å². The lowest BCUT2D eigenvalue weighted by Gasteiger charge is -2.39. The predicted molar refractivity (Wildman–Crippen MR) is 123 cm³/mol. The summed E-state index contributed by atoms with van der Waals surface area (Å²) < 4.78 is 28.0. The second-order valence-electron chi connectivity index (χ2n) is 7.80. The van der Waals surface area contributed by atoms with Crippen LogP contribution in [0, 0.1) is 11.6 Å². The summed E-state index contributed by atoms with van der Waals surface area (Å²) in [7, 11) is 0. The first-order valence-corrected chi connectivity index (χ1v) is 11.5. The molecule has 0 saturated carbocycles. The van der Waals surface area contributed by atoms with Crippen molar-refractivity contribution in [3.8, 4) is 0 Å². The molecule has 5 nitrogen and oxygen atoms in total. The van der Waals surface area contributed by atoms with E-state index in [0.29, 0.717) is 30.3 Å². The highest BCUT2D eigenvalue weighted by atomic mass is 32.2. The average Bonchev–Trinajstić information content (AvgIpc) is 3.25. The first kappa shape index (κ1) is 22.0. The molecule has 4 rings (SSSR count). The molecular weight excluding hydrogens is 438 g/mol. The van der Waals surface area contributed by atoms with E-state index in [9.17, 15) is 13.6 Å². The Kier molecular flexibility index (Phi) is 5.93. The Morgan fingerprint density at radius 1 is 1.10 bits per heavy atom. The molecule has 2 aromatic rings. The summed E-state index contributed by atoms with van der Waals surface area (Å²) in [5.41, 5.74) is 6.85. The van der Waals surface area contributed by atoms with Crippen LogP contribution in [0.4, 0.5) is 13.6 Å². The van der Waals surface area contributed by atoms with Gasteiger partial charge < -0.3 is 5.73 Å². The fourth-order valence-electron chi connectivity index (χ4n) is 3.72. The van der Waals surface area contributed by atoms with Crippen molar-refractivity contribution in [2.45, 2.75) is 36.3 Å². The lowest BCUT2D eigenvalue weighted by molar-refractivity contribution is 0.263. The number of hydrazone groups is 1. The van der Waals surface area contributed by atoms with Crippen molar-refractivity contribution in [3.63, 3.8) is 0 Å². The van der Waals surface area contributed by atoms with Crippen LogP contribution >= 0.6 is 23.5 Å². The molecule has 2 heterocycles. The number of carbonyl (C=O) groups is 1. The van der Waals surface area contributed by atoms with Gasteiger partial charge in [0.05, 0.1) is 4.75 Å². The largest absolute Gasteiger partial charge is 0.330 e. The van der Waals surface area contributed by atoms with Gasteiger partial charge in [-0.05, 0) is 68.8 Å². The zero-order valence-corrected chi connectivity index (χ0v) is 18.8. The molecule has 0 fully saturated rings. The molecule has 0 aliphatic carbocycles. The van der Waals surface area contributed by atoms with Gasteiger partial charge in [0.25, 0.3) is 0 Å². The van der Waals surface area contributed by atoms with Crippen molar-refractivity contribution in [3.05, 3.63) is 71.3 Å². The number of amides is 1. The fourth-order valence-corrected chi connectivity index (χ4v) is 5.93. The second-order valence-corrected chi connectivity index (χ2v) is 10.6. The molecular formula is C22H22F2N4OS2. The van der Waals surface area contributed by atoms with Gasteiger partial charge in [-0.1, -0.05) is 42.1 Å². The third kappa shape index (κ3) is 4.02. The molecule has 1 atom stereocenters. The Balaban J connectivity index is 1.91. The van der Waals surface area contributed by atoms with E-state index in [1.165, 1.54) is 11.8 Å². The normalized spacial score (nSPS) is 22.6. The lowest BCUT2D eigenvalue weighted by Crippen LogP contribution is -2.47. The van der Waals surface area contributed by atoms with Crippen LogP contribution in [0.3, 0.4) is 0 Å². The lowest BCUT2D eigenvalue weighted by atomic mass is 9.98. The molecule has 9 heteroatoms. The number of nitrogens with two attached hydrogens (primary N) is 1. The number of halogens is 2. The molecule has 162 valence electrons. The zero-order valence-electron chi connectivity index (χ0n) is 17.1. The highest BCUT2D eigenvalue weighted by Gasteiger charge is 2.52. The van der Waals surface area contributed by atoms with Crippen molar-refractivity contribution in [2.24, 2.45) is 15.8 Å². The molecule has 31 heavy (non-hydrogen) atoms. The number of hydrogen-bond acceptors (Lipinski definition) is 6. The molecule has 0 saturated heterocycles. The van der Waals surface area contributed by atoms with E-state index < -0.39 is 21.3 Å². The highest BCUT2D eigenvalue weighted by molar-refractivity contribution is 8.16. The summed E-state index contributed by atoms with van der Waals surface area (Å²) in [5, 5.41) is 6.48. The molecule has 0 radical (unpaired) electrons. The van der Waals surface area contributed by atoms with E-state index in [4.69, 9.17) is 10.8 Å². The van der Waals surface area contributed by atoms with Crippen LogP contribution in [-0.2, 0) is 4.87 Å². The van der Waals surface area contributed by atoms with Gasteiger partial charge in [0, 0.05) is 5.56 Å². The first-order valence-electron chi connectivity index (χ1n) is 9.88. The first-order chi connectivity index (χ1) is 14.8. The minimum Gasteiger partial charge on any atom is -0.330 e. The van der Waals surface area contributed by atoms with Crippen molar-refractivity contribution < 1.29 is 13.6 Å². The van der Waals surface area contributed by atoms with Crippen LogP contribution in [-0.4, -0.2) is 32.4 Å². The molecule has 1 amide bonds. The van der Waals surface area contributed by atoms with E-state index in [-0.39, 0.29) is 10.8 Å². The van der Waals surface area contributed by atoms with Crippen molar-refractivity contribution >= 4 is 39.6 Å². The molecule has 0 aromatic heterocycles. The number of hydrogen-bond donors (Lipinski definition) is 1. The van der Waals surface area contributed by atoms with Gasteiger partial charge >= 0.3 is 5.24 Å².